The molecule has 0 spiro atoms. The molecule has 1 aromatic heterocycles. The van der Waals surface area contributed by atoms with Gasteiger partial charge >= 0.3 is 5.97 Å². The van der Waals surface area contributed by atoms with E-state index >= 15 is 0 Å². The maximum atomic E-state index is 11.3. The second kappa shape index (κ2) is 3.53. The van der Waals surface area contributed by atoms with Gasteiger partial charge in [-0.3, -0.25) is 4.79 Å². The monoisotopic (exact) mass is 204 g/mol. The second-order valence-electron chi connectivity index (χ2n) is 2.97. The number of esters is 1. The van der Waals surface area contributed by atoms with Gasteiger partial charge in [0.1, 0.15) is 0 Å². The Balaban J connectivity index is 2.69. The first-order valence-electron chi connectivity index (χ1n) is 4.27. The van der Waals surface area contributed by atoms with Gasteiger partial charge in [-0.05, 0) is 12.1 Å². The Labute approximate surface area is 85.1 Å². The molecule has 0 fully saturated rings. The maximum Gasteiger partial charge on any atom is 0.338 e. The number of ether oxygens (including phenoxy) is 1. The number of hydrogen-bond acceptors (Lipinski definition) is 4. The number of H-pyrrole nitrogens is 1. The number of carbonyl (C=O) groups is 2. The van der Waals surface area contributed by atoms with Crippen LogP contribution in [0.15, 0.2) is 18.5 Å². The predicted molar refractivity (Wildman–Crippen MR) is 52.8 cm³/mol. The molecule has 5 nitrogen and oxygen atoms in total. The molecule has 0 saturated heterocycles. The van der Waals surface area contributed by atoms with Crippen LogP contribution < -0.4 is 0 Å². The van der Waals surface area contributed by atoms with Gasteiger partial charge in [0.25, 0.3) is 0 Å². The second-order valence-corrected chi connectivity index (χ2v) is 2.97. The van der Waals surface area contributed by atoms with E-state index in [0.717, 1.165) is 0 Å². The van der Waals surface area contributed by atoms with Crippen LogP contribution in [0.3, 0.4) is 0 Å². The predicted octanol–water partition coefficient (Wildman–Crippen LogP) is 1.16. The average molecular weight is 204 g/mol. The number of carbonyl (C=O) groups excluding carboxylic acids is 2. The number of benzene rings is 1. The molecule has 0 saturated carbocycles. The molecular weight excluding hydrogens is 196 g/mol. The van der Waals surface area contributed by atoms with E-state index in [2.05, 4.69) is 14.7 Å². The molecule has 0 aliphatic carbocycles. The summed E-state index contributed by atoms with van der Waals surface area (Å²) in [4.78, 5) is 29.0. The summed E-state index contributed by atoms with van der Waals surface area (Å²) in [5, 5.41) is 0. The number of methoxy groups -OCH3 is 1. The Morgan fingerprint density at radius 3 is 3.00 bits per heavy atom. The molecule has 0 unspecified atom stereocenters. The van der Waals surface area contributed by atoms with Crippen molar-refractivity contribution in [3.63, 3.8) is 0 Å². The van der Waals surface area contributed by atoms with Crippen molar-refractivity contribution in [1.82, 2.24) is 9.97 Å². The number of nitrogens with one attached hydrogen (secondary N) is 1. The summed E-state index contributed by atoms with van der Waals surface area (Å²) in [6, 6.07) is 3.10. The van der Waals surface area contributed by atoms with Crippen molar-refractivity contribution in [1.29, 1.82) is 0 Å². The molecule has 5 heteroatoms. The van der Waals surface area contributed by atoms with Crippen molar-refractivity contribution in [2.24, 2.45) is 0 Å². The smallest absolute Gasteiger partial charge is 0.338 e. The highest BCUT2D eigenvalue weighted by molar-refractivity contribution is 6.02. The third-order valence-corrected chi connectivity index (χ3v) is 2.12. The molecule has 2 aromatic rings. The number of aromatic amines is 1. The number of rotatable bonds is 2. The van der Waals surface area contributed by atoms with Crippen molar-refractivity contribution in [3.05, 3.63) is 29.6 Å². The molecule has 2 rings (SSSR count). The van der Waals surface area contributed by atoms with Gasteiger partial charge in [-0.25, -0.2) is 9.78 Å². The lowest BCUT2D eigenvalue weighted by Crippen LogP contribution is -2.05. The van der Waals surface area contributed by atoms with E-state index in [1.807, 2.05) is 0 Å². The van der Waals surface area contributed by atoms with E-state index in [1.165, 1.54) is 19.5 Å². The lowest BCUT2D eigenvalue weighted by atomic mass is 10.1. The molecule has 0 amide bonds. The van der Waals surface area contributed by atoms with Crippen LogP contribution in [-0.2, 0) is 4.74 Å². The summed E-state index contributed by atoms with van der Waals surface area (Å²) >= 11 is 0. The topological polar surface area (TPSA) is 72.0 Å². The fourth-order valence-corrected chi connectivity index (χ4v) is 1.38. The minimum absolute atomic E-state index is 0.229. The summed E-state index contributed by atoms with van der Waals surface area (Å²) in [6.07, 6.45) is 2.12. The highest BCUT2D eigenvalue weighted by atomic mass is 16.5. The number of imidazole rings is 1. The first kappa shape index (κ1) is 9.39. The molecule has 0 atom stereocenters. The fourth-order valence-electron chi connectivity index (χ4n) is 1.38. The molecule has 0 bridgehead atoms. The Hall–Kier alpha value is -2.17. The number of fused-ring (bicyclic) bond motifs is 1. The number of aldehydes is 1. The van der Waals surface area contributed by atoms with Gasteiger partial charge in [-0.2, -0.15) is 0 Å². The molecule has 0 aliphatic rings. The van der Waals surface area contributed by atoms with Gasteiger partial charge < -0.3 is 9.72 Å². The molecule has 1 N–H and O–H groups in total. The molecule has 1 aromatic carbocycles. The van der Waals surface area contributed by atoms with E-state index in [4.69, 9.17) is 0 Å². The molecule has 76 valence electrons. The molecular formula is C10H8N2O3. The maximum absolute atomic E-state index is 11.3. The SMILES string of the molecule is COC(=O)c1cc2nc[nH]c2cc1C=O. The number of aromatic nitrogens is 2. The zero-order chi connectivity index (χ0) is 10.8. The number of hydrogen-bond donors (Lipinski definition) is 1. The van der Waals surface area contributed by atoms with Crippen molar-refractivity contribution >= 4 is 23.3 Å². The summed E-state index contributed by atoms with van der Waals surface area (Å²) < 4.78 is 4.57. The lowest BCUT2D eigenvalue weighted by Gasteiger charge is -2.02. The van der Waals surface area contributed by atoms with E-state index in [9.17, 15) is 9.59 Å². The van der Waals surface area contributed by atoms with Crippen LogP contribution in [0, 0.1) is 0 Å². The van der Waals surface area contributed by atoms with Gasteiger partial charge in [-0.15, -0.1) is 0 Å². The van der Waals surface area contributed by atoms with Crippen molar-refractivity contribution in [2.75, 3.05) is 7.11 Å². The largest absolute Gasteiger partial charge is 0.465 e. The normalized spacial score (nSPS) is 10.2. The first-order valence-corrected chi connectivity index (χ1v) is 4.27. The molecule has 1 heterocycles. The minimum atomic E-state index is -0.540. The zero-order valence-corrected chi connectivity index (χ0v) is 7.98. The van der Waals surface area contributed by atoms with E-state index in [0.29, 0.717) is 22.9 Å². The summed E-state index contributed by atoms with van der Waals surface area (Å²) in [6.45, 7) is 0. The standard InChI is InChI=1S/C10H8N2O3/c1-15-10(14)7-3-9-8(11-5-12-9)2-6(7)4-13/h2-5H,1H3,(H,11,12). The van der Waals surface area contributed by atoms with Crippen LogP contribution in [0.5, 0.6) is 0 Å². The van der Waals surface area contributed by atoms with E-state index < -0.39 is 5.97 Å². The van der Waals surface area contributed by atoms with Crippen LogP contribution in [0.25, 0.3) is 11.0 Å². The zero-order valence-electron chi connectivity index (χ0n) is 7.98. The van der Waals surface area contributed by atoms with Crippen LogP contribution in [0.4, 0.5) is 0 Å². The minimum Gasteiger partial charge on any atom is -0.465 e. The van der Waals surface area contributed by atoms with Crippen LogP contribution in [0.1, 0.15) is 20.7 Å². The van der Waals surface area contributed by atoms with Gasteiger partial charge in [0.15, 0.2) is 6.29 Å². The summed E-state index contributed by atoms with van der Waals surface area (Å²) in [5.41, 5.74) is 1.86. The van der Waals surface area contributed by atoms with E-state index in [-0.39, 0.29) is 5.56 Å². The van der Waals surface area contributed by atoms with Gasteiger partial charge in [-0.1, -0.05) is 0 Å². The quantitative estimate of drug-likeness (QED) is 0.588. The van der Waals surface area contributed by atoms with Crippen LogP contribution in [-0.4, -0.2) is 29.3 Å². The molecule has 15 heavy (non-hydrogen) atoms. The third kappa shape index (κ3) is 1.48. The van der Waals surface area contributed by atoms with E-state index in [1.54, 1.807) is 6.07 Å². The van der Waals surface area contributed by atoms with Crippen LogP contribution >= 0.6 is 0 Å². The first-order chi connectivity index (χ1) is 7.26. The number of nitrogens with zero attached hydrogens (tertiary/aromatic N) is 1. The summed E-state index contributed by atoms with van der Waals surface area (Å²) in [7, 11) is 1.27. The highest BCUT2D eigenvalue weighted by Gasteiger charge is 2.13. The highest BCUT2D eigenvalue weighted by Crippen LogP contribution is 2.16. The Bertz CT molecular complexity index is 530. The summed E-state index contributed by atoms with van der Waals surface area (Å²) in [5.74, 6) is -0.540. The Morgan fingerprint density at radius 2 is 2.33 bits per heavy atom. The van der Waals surface area contributed by atoms with Crippen molar-refractivity contribution in [2.45, 2.75) is 0 Å². The Kier molecular flexibility index (Phi) is 2.21. The average Bonchev–Trinajstić information content (AvgIpc) is 2.73. The molecule has 0 aliphatic heterocycles. The van der Waals surface area contributed by atoms with Gasteiger partial charge in [0.2, 0.25) is 0 Å². The van der Waals surface area contributed by atoms with Gasteiger partial charge in [0.05, 0.1) is 30.0 Å². The fraction of sp³-hybridized carbons (Fsp3) is 0.100. The van der Waals surface area contributed by atoms with Crippen molar-refractivity contribution in [3.8, 4) is 0 Å². The van der Waals surface area contributed by atoms with Gasteiger partial charge in [0, 0.05) is 5.56 Å². The van der Waals surface area contributed by atoms with Crippen LogP contribution in [0.2, 0.25) is 0 Å². The lowest BCUT2D eigenvalue weighted by molar-refractivity contribution is 0.0598. The Morgan fingerprint density at radius 1 is 1.53 bits per heavy atom. The van der Waals surface area contributed by atoms with Crippen molar-refractivity contribution < 1.29 is 14.3 Å². The third-order valence-electron chi connectivity index (χ3n) is 2.12. The molecule has 0 radical (unpaired) electrons.